The second-order valence-electron chi connectivity index (χ2n) is 4.77. The first-order valence-electron chi connectivity index (χ1n) is 6.27. The Labute approximate surface area is 114 Å². The summed E-state index contributed by atoms with van der Waals surface area (Å²) in [5.74, 6) is -1.95. The molecule has 1 rings (SSSR count). The highest BCUT2D eigenvalue weighted by Crippen LogP contribution is 2.41. The molecular formula is C11H17F3N4O2. The molecular weight excluding hydrogens is 277 g/mol. The van der Waals surface area contributed by atoms with E-state index >= 15 is 0 Å². The maximum absolute atomic E-state index is 12.6. The van der Waals surface area contributed by atoms with Crippen LogP contribution in [0.2, 0.25) is 0 Å². The van der Waals surface area contributed by atoms with Gasteiger partial charge < -0.3 is 10.1 Å². The minimum Gasteiger partial charge on any atom is -0.468 e. The second kappa shape index (κ2) is 6.81. The third-order valence-corrected chi connectivity index (χ3v) is 3.62. The van der Waals surface area contributed by atoms with Crippen molar-refractivity contribution in [3.05, 3.63) is 10.4 Å². The first kappa shape index (κ1) is 16.6. The molecule has 1 N–H and O–H groups in total. The van der Waals surface area contributed by atoms with E-state index in [-0.39, 0.29) is 38.8 Å². The van der Waals surface area contributed by atoms with Gasteiger partial charge in [-0.25, -0.2) is 0 Å². The van der Waals surface area contributed by atoms with E-state index in [4.69, 9.17) is 5.53 Å². The summed E-state index contributed by atoms with van der Waals surface area (Å²) in [4.78, 5) is 14.4. The molecule has 1 fully saturated rings. The summed E-state index contributed by atoms with van der Waals surface area (Å²) in [6, 6.07) is 0. The van der Waals surface area contributed by atoms with Crippen molar-refractivity contribution in [1.29, 1.82) is 0 Å². The van der Waals surface area contributed by atoms with E-state index in [2.05, 4.69) is 20.1 Å². The Balaban J connectivity index is 2.68. The molecule has 0 aliphatic heterocycles. The molecule has 0 atom stereocenters. The average molecular weight is 294 g/mol. The number of esters is 1. The summed E-state index contributed by atoms with van der Waals surface area (Å²) >= 11 is 0. The molecule has 0 spiro atoms. The van der Waals surface area contributed by atoms with Crippen molar-refractivity contribution in [2.75, 3.05) is 20.2 Å². The van der Waals surface area contributed by atoms with Gasteiger partial charge in [-0.1, -0.05) is 5.11 Å². The number of rotatable bonds is 5. The lowest BCUT2D eigenvalue weighted by molar-refractivity contribution is -0.188. The minimum absolute atomic E-state index is 0.0557. The molecule has 9 heteroatoms. The van der Waals surface area contributed by atoms with Gasteiger partial charge in [-0.15, -0.1) is 0 Å². The van der Waals surface area contributed by atoms with Crippen molar-refractivity contribution in [1.82, 2.24) is 5.32 Å². The number of azide groups is 1. The van der Waals surface area contributed by atoms with Crippen LogP contribution in [0, 0.1) is 5.92 Å². The lowest BCUT2D eigenvalue weighted by Gasteiger charge is -2.39. The van der Waals surface area contributed by atoms with Crippen LogP contribution in [-0.4, -0.2) is 37.9 Å². The number of carbonyl (C=O) groups is 1. The zero-order chi connectivity index (χ0) is 15.2. The second-order valence-corrected chi connectivity index (χ2v) is 4.77. The fourth-order valence-corrected chi connectivity index (χ4v) is 2.48. The number of hydrogen-bond donors (Lipinski definition) is 1. The van der Waals surface area contributed by atoms with Crippen LogP contribution in [-0.2, 0) is 9.53 Å². The summed E-state index contributed by atoms with van der Waals surface area (Å²) in [5.41, 5.74) is 7.05. The Bertz CT molecular complexity index is 386. The van der Waals surface area contributed by atoms with Gasteiger partial charge in [0.25, 0.3) is 0 Å². The minimum atomic E-state index is -4.23. The Morgan fingerprint density at radius 3 is 2.55 bits per heavy atom. The fraction of sp³-hybridized carbons (Fsp3) is 0.909. The molecule has 1 aliphatic carbocycles. The van der Waals surface area contributed by atoms with Crippen LogP contribution >= 0.6 is 0 Å². The van der Waals surface area contributed by atoms with E-state index in [1.807, 2.05) is 0 Å². The molecule has 0 saturated heterocycles. The van der Waals surface area contributed by atoms with Crippen LogP contribution in [0.5, 0.6) is 0 Å². The number of halogens is 3. The highest BCUT2D eigenvalue weighted by molar-refractivity contribution is 5.80. The van der Waals surface area contributed by atoms with E-state index in [1.165, 1.54) is 7.11 Å². The molecule has 1 aliphatic rings. The van der Waals surface area contributed by atoms with Crippen LogP contribution in [0.1, 0.15) is 25.7 Å². The van der Waals surface area contributed by atoms with Crippen LogP contribution in [0.25, 0.3) is 10.4 Å². The summed E-state index contributed by atoms with van der Waals surface area (Å²) in [7, 11) is 1.20. The number of ether oxygens (including phenoxy) is 1. The number of nitrogens with one attached hydrogen (secondary N) is 1. The van der Waals surface area contributed by atoms with Crippen LogP contribution < -0.4 is 5.32 Å². The number of nitrogens with zero attached hydrogens (tertiary/aromatic N) is 3. The SMILES string of the molecule is COC(=O)C1(NCCN=[N+]=[N-])CCC(C(F)(F)F)CC1. The van der Waals surface area contributed by atoms with Gasteiger partial charge in [-0.3, -0.25) is 4.79 Å². The number of hydrogen-bond acceptors (Lipinski definition) is 4. The van der Waals surface area contributed by atoms with E-state index in [9.17, 15) is 18.0 Å². The number of carbonyl (C=O) groups excluding carboxylic acids is 1. The molecule has 114 valence electrons. The number of alkyl halides is 3. The van der Waals surface area contributed by atoms with Gasteiger partial charge in [0.2, 0.25) is 0 Å². The molecule has 0 unspecified atom stereocenters. The van der Waals surface area contributed by atoms with E-state index in [0.29, 0.717) is 0 Å². The highest BCUT2D eigenvalue weighted by atomic mass is 19.4. The predicted octanol–water partition coefficient (Wildman–Crippen LogP) is 2.55. The van der Waals surface area contributed by atoms with Gasteiger partial charge in [0.05, 0.1) is 13.0 Å². The topological polar surface area (TPSA) is 87.1 Å². The van der Waals surface area contributed by atoms with Crippen molar-refractivity contribution in [3.8, 4) is 0 Å². The Kier molecular flexibility index (Phi) is 5.64. The maximum atomic E-state index is 12.6. The quantitative estimate of drug-likeness (QED) is 0.278. The van der Waals surface area contributed by atoms with Gasteiger partial charge >= 0.3 is 12.1 Å². The predicted molar refractivity (Wildman–Crippen MR) is 64.8 cm³/mol. The van der Waals surface area contributed by atoms with Crippen LogP contribution in [0.4, 0.5) is 13.2 Å². The zero-order valence-corrected chi connectivity index (χ0v) is 11.1. The molecule has 0 radical (unpaired) electrons. The molecule has 0 aromatic carbocycles. The lowest BCUT2D eigenvalue weighted by Crippen LogP contribution is -2.56. The first-order chi connectivity index (χ1) is 9.35. The molecule has 6 nitrogen and oxygen atoms in total. The summed E-state index contributed by atoms with van der Waals surface area (Å²) in [5, 5.41) is 6.20. The Morgan fingerprint density at radius 1 is 1.50 bits per heavy atom. The lowest BCUT2D eigenvalue weighted by atomic mass is 9.76. The Morgan fingerprint density at radius 2 is 2.10 bits per heavy atom. The van der Waals surface area contributed by atoms with Gasteiger partial charge in [-0.05, 0) is 31.2 Å². The highest BCUT2D eigenvalue weighted by Gasteiger charge is 2.49. The van der Waals surface area contributed by atoms with Gasteiger partial charge in [0.15, 0.2) is 0 Å². The van der Waals surface area contributed by atoms with Crippen LogP contribution in [0.3, 0.4) is 0 Å². The standard InChI is InChI=1S/C11H17F3N4O2/c1-20-9(19)10(16-6-7-17-18-15)4-2-8(3-5-10)11(12,13)14/h8,16H,2-7H2,1H3. The van der Waals surface area contributed by atoms with Gasteiger partial charge in [0.1, 0.15) is 5.54 Å². The third kappa shape index (κ3) is 4.01. The molecule has 0 amide bonds. The van der Waals surface area contributed by atoms with Crippen molar-refractivity contribution >= 4 is 5.97 Å². The van der Waals surface area contributed by atoms with E-state index < -0.39 is 23.6 Å². The monoisotopic (exact) mass is 294 g/mol. The molecule has 0 bridgehead atoms. The summed E-state index contributed by atoms with van der Waals surface area (Å²) in [6.45, 7) is 0.341. The van der Waals surface area contributed by atoms with Crippen molar-refractivity contribution in [2.45, 2.75) is 37.4 Å². The summed E-state index contributed by atoms with van der Waals surface area (Å²) < 4.78 is 42.6. The fourth-order valence-electron chi connectivity index (χ4n) is 2.48. The zero-order valence-electron chi connectivity index (χ0n) is 11.1. The largest absolute Gasteiger partial charge is 0.468 e. The normalized spacial score (nSPS) is 26.7. The van der Waals surface area contributed by atoms with Crippen LogP contribution in [0.15, 0.2) is 5.11 Å². The molecule has 20 heavy (non-hydrogen) atoms. The molecule has 0 heterocycles. The smallest absolute Gasteiger partial charge is 0.391 e. The van der Waals surface area contributed by atoms with Crippen molar-refractivity contribution in [3.63, 3.8) is 0 Å². The average Bonchev–Trinajstić information content (AvgIpc) is 2.42. The Hall–Kier alpha value is -1.47. The van der Waals surface area contributed by atoms with E-state index in [1.54, 1.807) is 0 Å². The van der Waals surface area contributed by atoms with Crippen molar-refractivity contribution < 1.29 is 22.7 Å². The molecule has 0 aromatic rings. The van der Waals surface area contributed by atoms with Gasteiger partial charge in [-0.2, -0.15) is 13.2 Å². The molecule has 0 aromatic heterocycles. The molecule has 1 saturated carbocycles. The third-order valence-electron chi connectivity index (χ3n) is 3.62. The van der Waals surface area contributed by atoms with E-state index in [0.717, 1.165) is 0 Å². The van der Waals surface area contributed by atoms with Gasteiger partial charge in [0, 0.05) is 18.0 Å². The summed E-state index contributed by atoms with van der Waals surface area (Å²) in [6.07, 6.45) is -4.35. The first-order valence-corrected chi connectivity index (χ1v) is 6.27. The maximum Gasteiger partial charge on any atom is 0.391 e. The number of methoxy groups -OCH3 is 1. The van der Waals surface area contributed by atoms with Crippen molar-refractivity contribution in [2.24, 2.45) is 11.0 Å².